The molecular formula is C53H90O6. The van der Waals surface area contributed by atoms with Crippen molar-refractivity contribution in [3.63, 3.8) is 0 Å². The van der Waals surface area contributed by atoms with Crippen LogP contribution in [0, 0.1) is 0 Å². The van der Waals surface area contributed by atoms with Gasteiger partial charge >= 0.3 is 17.9 Å². The summed E-state index contributed by atoms with van der Waals surface area (Å²) in [6, 6.07) is 0. The quantitative estimate of drug-likeness (QED) is 0.0264. The molecule has 0 aromatic carbocycles. The molecule has 0 aliphatic carbocycles. The van der Waals surface area contributed by atoms with Crippen LogP contribution < -0.4 is 0 Å². The first-order chi connectivity index (χ1) is 29.0. The second-order valence-electron chi connectivity index (χ2n) is 16.0. The third-order valence-electron chi connectivity index (χ3n) is 10.2. The van der Waals surface area contributed by atoms with E-state index in [9.17, 15) is 14.4 Å². The van der Waals surface area contributed by atoms with Gasteiger partial charge in [0.05, 0.1) is 0 Å². The summed E-state index contributed by atoms with van der Waals surface area (Å²) in [5.41, 5.74) is 0. The topological polar surface area (TPSA) is 78.9 Å². The molecule has 0 saturated heterocycles. The monoisotopic (exact) mass is 823 g/mol. The molecule has 0 spiro atoms. The van der Waals surface area contributed by atoms with E-state index in [1.54, 1.807) is 0 Å². The molecule has 0 N–H and O–H groups in total. The van der Waals surface area contributed by atoms with E-state index in [2.05, 4.69) is 81.5 Å². The molecule has 1 atom stereocenters. The summed E-state index contributed by atoms with van der Waals surface area (Å²) in [5.74, 6) is -1.01. The first-order valence-corrected chi connectivity index (χ1v) is 24.4. The van der Waals surface area contributed by atoms with Crippen LogP contribution in [0.4, 0.5) is 0 Å². The van der Waals surface area contributed by atoms with Gasteiger partial charge in [0.25, 0.3) is 0 Å². The molecular weight excluding hydrogens is 733 g/mol. The number of unbranched alkanes of at least 4 members (excludes halogenated alkanes) is 20. The summed E-state index contributed by atoms with van der Waals surface area (Å²) >= 11 is 0. The lowest BCUT2D eigenvalue weighted by molar-refractivity contribution is -0.166. The first-order valence-electron chi connectivity index (χ1n) is 24.4. The third-order valence-corrected chi connectivity index (χ3v) is 10.2. The van der Waals surface area contributed by atoms with Crippen molar-refractivity contribution >= 4 is 17.9 Å². The van der Waals surface area contributed by atoms with Gasteiger partial charge in [-0.3, -0.25) is 14.4 Å². The molecule has 1 unspecified atom stereocenters. The number of rotatable bonds is 43. The van der Waals surface area contributed by atoms with Crippen LogP contribution in [0.2, 0.25) is 0 Å². The van der Waals surface area contributed by atoms with Gasteiger partial charge in [-0.1, -0.05) is 190 Å². The highest BCUT2D eigenvalue weighted by atomic mass is 16.6. The van der Waals surface area contributed by atoms with Gasteiger partial charge in [-0.05, 0) is 89.9 Å². The molecule has 0 aromatic heterocycles. The summed E-state index contributed by atoms with van der Waals surface area (Å²) in [6.45, 7) is 6.40. The average molecular weight is 823 g/mol. The SMILES string of the molecule is CC/C=C\C/C=C\C/C=C\C/C=C\CCC(=O)OC(COC(=O)CCCCCCC/C=C\CCCC)COC(=O)CCCCCCCCC/C=C\CCCCCCCC. The Balaban J connectivity index is 4.45. The number of hydrogen-bond donors (Lipinski definition) is 0. The van der Waals surface area contributed by atoms with Crippen molar-refractivity contribution in [3.8, 4) is 0 Å². The van der Waals surface area contributed by atoms with Gasteiger partial charge in [0.2, 0.25) is 0 Å². The summed E-state index contributed by atoms with van der Waals surface area (Å²) in [5, 5.41) is 0. The third kappa shape index (κ3) is 45.8. The zero-order chi connectivity index (χ0) is 43.0. The normalized spacial score (nSPS) is 12.7. The number of esters is 3. The largest absolute Gasteiger partial charge is 0.462 e. The predicted molar refractivity (Wildman–Crippen MR) is 251 cm³/mol. The summed E-state index contributed by atoms with van der Waals surface area (Å²) in [4.78, 5) is 37.8. The van der Waals surface area contributed by atoms with Gasteiger partial charge in [-0.25, -0.2) is 0 Å². The Labute approximate surface area is 363 Å². The molecule has 0 radical (unpaired) electrons. The molecule has 0 bridgehead atoms. The van der Waals surface area contributed by atoms with Crippen molar-refractivity contribution < 1.29 is 28.6 Å². The van der Waals surface area contributed by atoms with E-state index >= 15 is 0 Å². The van der Waals surface area contributed by atoms with Crippen LogP contribution >= 0.6 is 0 Å². The number of ether oxygens (including phenoxy) is 3. The average Bonchev–Trinajstić information content (AvgIpc) is 3.23. The molecule has 0 aliphatic rings. The number of hydrogen-bond acceptors (Lipinski definition) is 6. The van der Waals surface area contributed by atoms with Crippen molar-refractivity contribution in [1.29, 1.82) is 0 Å². The van der Waals surface area contributed by atoms with Gasteiger partial charge in [0.1, 0.15) is 13.2 Å². The van der Waals surface area contributed by atoms with Crippen molar-refractivity contribution in [1.82, 2.24) is 0 Å². The highest BCUT2D eigenvalue weighted by molar-refractivity contribution is 5.71. The fraction of sp³-hybridized carbons (Fsp3) is 0.717. The molecule has 0 fully saturated rings. The molecule has 6 nitrogen and oxygen atoms in total. The van der Waals surface area contributed by atoms with Crippen LogP contribution in [0.5, 0.6) is 0 Å². The Morgan fingerprint density at radius 2 is 0.712 bits per heavy atom. The fourth-order valence-corrected chi connectivity index (χ4v) is 6.49. The van der Waals surface area contributed by atoms with Gasteiger partial charge in [-0.15, -0.1) is 0 Å². The second-order valence-corrected chi connectivity index (χ2v) is 16.0. The second kappa shape index (κ2) is 47.5. The van der Waals surface area contributed by atoms with Crippen molar-refractivity contribution in [2.24, 2.45) is 0 Å². The maximum atomic E-state index is 12.7. The van der Waals surface area contributed by atoms with Crippen molar-refractivity contribution in [2.45, 2.75) is 232 Å². The zero-order valence-electron chi connectivity index (χ0n) is 38.5. The van der Waals surface area contributed by atoms with E-state index < -0.39 is 12.1 Å². The number of allylic oxidation sites excluding steroid dienone is 12. The van der Waals surface area contributed by atoms with Crippen LogP contribution in [0.25, 0.3) is 0 Å². The van der Waals surface area contributed by atoms with Crippen LogP contribution in [0.15, 0.2) is 72.9 Å². The molecule has 59 heavy (non-hydrogen) atoms. The van der Waals surface area contributed by atoms with Crippen LogP contribution in [-0.2, 0) is 28.6 Å². The van der Waals surface area contributed by atoms with E-state index in [0.29, 0.717) is 19.3 Å². The Morgan fingerprint density at radius 3 is 1.15 bits per heavy atom. The molecule has 0 heterocycles. The van der Waals surface area contributed by atoms with Gasteiger partial charge in [0.15, 0.2) is 6.10 Å². The van der Waals surface area contributed by atoms with Crippen molar-refractivity contribution in [3.05, 3.63) is 72.9 Å². The molecule has 0 amide bonds. The van der Waals surface area contributed by atoms with Gasteiger partial charge < -0.3 is 14.2 Å². The minimum Gasteiger partial charge on any atom is -0.462 e. The van der Waals surface area contributed by atoms with E-state index in [0.717, 1.165) is 77.0 Å². The van der Waals surface area contributed by atoms with Crippen LogP contribution in [-0.4, -0.2) is 37.2 Å². The first kappa shape index (κ1) is 55.9. The Morgan fingerprint density at radius 1 is 0.356 bits per heavy atom. The Bertz CT molecular complexity index is 1130. The van der Waals surface area contributed by atoms with Crippen molar-refractivity contribution in [2.75, 3.05) is 13.2 Å². The number of carbonyl (C=O) groups is 3. The Kier molecular flexibility index (Phi) is 45.0. The lowest BCUT2D eigenvalue weighted by Crippen LogP contribution is -2.30. The summed E-state index contributed by atoms with van der Waals surface area (Å²) < 4.78 is 16.7. The zero-order valence-corrected chi connectivity index (χ0v) is 38.5. The standard InChI is InChI=1S/C53H90O6/c1-4-7-10-13-16-19-22-24-25-26-27-29-31-34-37-40-43-46-52(55)58-49-50(48-57-51(54)45-42-39-36-33-30-21-18-15-12-9-6-3)59-53(56)47-44-41-38-35-32-28-23-20-17-14-11-8-5-2/h8,11,15,17-18,20,24-25,28,32,38,41,50H,4-7,9-10,12-14,16,19,21-23,26-27,29-31,33-37,39-40,42-49H2,1-3H3/b11-8-,18-15-,20-17-,25-24-,32-28-,41-38-. The molecule has 0 aromatic rings. The molecule has 6 heteroatoms. The minimum absolute atomic E-state index is 0.109. The number of carbonyl (C=O) groups excluding carboxylic acids is 3. The summed E-state index contributed by atoms with van der Waals surface area (Å²) in [6.07, 6.45) is 59.0. The van der Waals surface area contributed by atoms with Crippen LogP contribution in [0.1, 0.15) is 226 Å². The lowest BCUT2D eigenvalue weighted by Gasteiger charge is -2.18. The maximum absolute atomic E-state index is 12.7. The van der Waals surface area contributed by atoms with Crippen LogP contribution in [0.3, 0.4) is 0 Å². The molecule has 0 rings (SSSR count). The highest BCUT2D eigenvalue weighted by Gasteiger charge is 2.19. The molecule has 338 valence electrons. The van der Waals surface area contributed by atoms with E-state index in [1.807, 2.05) is 12.2 Å². The summed E-state index contributed by atoms with van der Waals surface area (Å²) in [7, 11) is 0. The Hall–Kier alpha value is -3.15. The van der Waals surface area contributed by atoms with Gasteiger partial charge in [0, 0.05) is 19.3 Å². The molecule has 0 aliphatic heterocycles. The predicted octanol–water partition coefficient (Wildman–Crippen LogP) is 15.9. The fourth-order valence-electron chi connectivity index (χ4n) is 6.49. The maximum Gasteiger partial charge on any atom is 0.306 e. The van der Waals surface area contributed by atoms with Gasteiger partial charge in [-0.2, -0.15) is 0 Å². The molecule has 0 saturated carbocycles. The van der Waals surface area contributed by atoms with E-state index in [4.69, 9.17) is 14.2 Å². The van der Waals surface area contributed by atoms with E-state index in [-0.39, 0.29) is 31.6 Å². The smallest absolute Gasteiger partial charge is 0.306 e. The lowest BCUT2D eigenvalue weighted by atomic mass is 10.1. The highest BCUT2D eigenvalue weighted by Crippen LogP contribution is 2.13. The minimum atomic E-state index is -0.816. The van der Waals surface area contributed by atoms with E-state index in [1.165, 1.54) is 103 Å².